The van der Waals surface area contributed by atoms with Crippen LogP contribution in [0.3, 0.4) is 0 Å². The van der Waals surface area contributed by atoms with Crippen LogP contribution in [0.15, 0.2) is 11.2 Å². The van der Waals surface area contributed by atoms with Crippen LogP contribution in [0.2, 0.25) is 0 Å². The van der Waals surface area contributed by atoms with Crippen LogP contribution in [0.25, 0.3) is 0 Å². The van der Waals surface area contributed by atoms with Gasteiger partial charge in [0.15, 0.2) is 5.03 Å². The Kier molecular flexibility index (Phi) is 5.06. The smallest absolute Gasteiger partial charge is 0.259 e. The van der Waals surface area contributed by atoms with Gasteiger partial charge in [0, 0.05) is 19.3 Å². The van der Waals surface area contributed by atoms with Gasteiger partial charge in [0.05, 0.1) is 0 Å². The van der Waals surface area contributed by atoms with E-state index < -0.39 is 10.0 Å². The van der Waals surface area contributed by atoms with Crippen molar-refractivity contribution in [2.24, 2.45) is 5.41 Å². The predicted octanol–water partition coefficient (Wildman–Crippen LogP) is 1.27. The fourth-order valence-electron chi connectivity index (χ4n) is 2.63. The Hall–Kier alpha value is -0.920. The Balaban J connectivity index is 2.06. The molecule has 1 fully saturated rings. The summed E-state index contributed by atoms with van der Waals surface area (Å²) in [6.07, 6.45) is 4.55. The Labute approximate surface area is 127 Å². The van der Waals surface area contributed by atoms with Gasteiger partial charge in [0.2, 0.25) is 0 Å². The van der Waals surface area contributed by atoms with Crippen LogP contribution in [0.5, 0.6) is 0 Å². The van der Waals surface area contributed by atoms with E-state index in [2.05, 4.69) is 28.9 Å². The maximum absolute atomic E-state index is 12.4. The number of nitrogens with zero attached hydrogens (tertiary/aromatic N) is 2. The average molecular weight is 314 g/mol. The number of aromatic nitrogens is 2. The summed E-state index contributed by atoms with van der Waals surface area (Å²) in [5.74, 6) is 0.741. The minimum atomic E-state index is -3.52. The zero-order valence-corrected chi connectivity index (χ0v) is 14.0. The normalized spacial score (nSPS) is 18.8. The van der Waals surface area contributed by atoms with E-state index >= 15 is 0 Å². The first-order chi connectivity index (χ1) is 9.86. The van der Waals surface area contributed by atoms with Crippen molar-refractivity contribution in [3.8, 4) is 0 Å². The molecule has 0 bridgehead atoms. The molecule has 6 nitrogen and oxygen atoms in total. The maximum Gasteiger partial charge on any atom is 0.259 e. The molecule has 2 N–H and O–H groups in total. The van der Waals surface area contributed by atoms with Crippen molar-refractivity contribution < 1.29 is 8.42 Å². The summed E-state index contributed by atoms with van der Waals surface area (Å²) in [4.78, 5) is 4.19. The Morgan fingerprint density at radius 1 is 1.43 bits per heavy atom. The van der Waals surface area contributed by atoms with Crippen LogP contribution in [-0.2, 0) is 16.6 Å². The lowest BCUT2D eigenvalue weighted by Gasteiger charge is -2.33. The van der Waals surface area contributed by atoms with Crippen molar-refractivity contribution in [3.63, 3.8) is 0 Å². The first-order valence-electron chi connectivity index (χ1n) is 7.60. The number of hydrogen-bond donors (Lipinski definition) is 2. The number of hydrogen-bond acceptors (Lipinski definition) is 4. The molecule has 1 aliphatic rings. The average Bonchev–Trinajstić information content (AvgIpc) is 2.81. The molecule has 0 amide bonds. The van der Waals surface area contributed by atoms with E-state index in [1.165, 1.54) is 0 Å². The second-order valence-corrected chi connectivity index (χ2v) is 7.92. The highest BCUT2D eigenvalue weighted by molar-refractivity contribution is 7.89. The van der Waals surface area contributed by atoms with Gasteiger partial charge >= 0.3 is 0 Å². The molecule has 1 aromatic rings. The van der Waals surface area contributed by atoms with E-state index in [0.717, 1.165) is 44.7 Å². The predicted molar refractivity (Wildman–Crippen MR) is 82.7 cm³/mol. The molecular formula is C14H26N4O2S. The first kappa shape index (κ1) is 16.5. The lowest BCUT2D eigenvalue weighted by molar-refractivity contribution is 0.232. The molecule has 0 unspecified atom stereocenters. The van der Waals surface area contributed by atoms with Gasteiger partial charge in [-0.15, -0.1) is 0 Å². The third-order valence-corrected chi connectivity index (χ3v) is 5.47. The molecule has 2 heterocycles. The third kappa shape index (κ3) is 4.05. The number of imidazole rings is 1. The second kappa shape index (κ2) is 6.46. The number of nitrogens with one attached hydrogen (secondary N) is 2. The molecule has 0 aliphatic carbocycles. The standard InChI is InChI=1S/C14H26N4O2S/c1-4-9-18-10-13(17-12(18)2)21(19,20)16-11-14(3)5-7-15-8-6-14/h10,15-16H,4-9,11H2,1-3H3. The number of rotatable bonds is 6. The fourth-order valence-corrected chi connectivity index (χ4v) is 3.83. The molecule has 1 aromatic heterocycles. The van der Waals surface area contributed by atoms with Gasteiger partial charge in [-0.2, -0.15) is 0 Å². The van der Waals surface area contributed by atoms with Crippen LogP contribution in [-0.4, -0.2) is 37.6 Å². The Bertz CT molecular complexity index is 574. The fraction of sp³-hybridized carbons (Fsp3) is 0.786. The van der Waals surface area contributed by atoms with E-state index in [1.807, 2.05) is 11.5 Å². The van der Waals surface area contributed by atoms with E-state index in [0.29, 0.717) is 6.54 Å². The second-order valence-electron chi connectivity index (χ2n) is 6.20. The van der Waals surface area contributed by atoms with Gasteiger partial charge in [-0.3, -0.25) is 0 Å². The molecule has 2 rings (SSSR count). The highest BCUT2D eigenvalue weighted by atomic mass is 32.2. The van der Waals surface area contributed by atoms with Crippen LogP contribution in [0.4, 0.5) is 0 Å². The van der Waals surface area contributed by atoms with Gasteiger partial charge in [-0.1, -0.05) is 13.8 Å². The molecule has 0 saturated carbocycles. The largest absolute Gasteiger partial charge is 0.334 e. The zero-order valence-electron chi connectivity index (χ0n) is 13.1. The zero-order chi connectivity index (χ0) is 15.5. The summed E-state index contributed by atoms with van der Waals surface area (Å²) in [6.45, 7) is 9.18. The Morgan fingerprint density at radius 2 is 2.10 bits per heavy atom. The van der Waals surface area contributed by atoms with Crippen molar-refractivity contribution in [1.82, 2.24) is 19.6 Å². The van der Waals surface area contributed by atoms with Crippen LogP contribution in [0.1, 0.15) is 38.9 Å². The van der Waals surface area contributed by atoms with Crippen LogP contribution >= 0.6 is 0 Å². The van der Waals surface area contributed by atoms with Gasteiger partial charge in [-0.05, 0) is 44.7 Å². The molecule has 0 aromatic carbocycles. The molecule has 1 saturated heterocycles. The highest BCUT2D eigenvalue weighted by Gasteiger charge is 2.29. The monoisotopic (exact) mass is 314 g/mol. The molecule has 0 atom stereocenters. The summed E-state index contributed by atoms with van der Waals surface area (Å²) >= 11 is 0. The first-order valence-corrected chi connectivity index (χ1v) is 9.09. The van der Waals surface area contributed by atoms with Gasteiger partial charge in [-0.25, -0.2) is 18.1 Å². The van der Waals surface area contributed by atoms with Crippen molar-refractivity contribution >= 4 is 10.0 Å². The molecule has 0 spiro atoms. The molecule has 0 radical (unpaired) electrons. The number of sulfonamides is 1. The summed E-state index contributed by atoms with van der Waals surface area (Å²) in [5, 5.41) is 3.43. The third-order valence-electron chi connectivity index (χ3n) is 4.19. The molecule has 7 heteroatoms. The molecule has 120 valence electrons. The van der Waals surface area contributed by atoms with Gasteiger partial charge < -0.3 is 9.88 Å². The van der Waals surface area contributed by atoms with Crippen LogP contribution in [0, 0.1) is 12.3 Å². The van der Waals surface area contributed by atoms with E-state index in [9.17, 15) is 8.42 Å². The lowest BCUT2D eigenvalue weighted by atomic mass is 9.81. The number of piperidine rings is 1. The SMILES string of the molecule is CCCn1cc(S(=O)(=O)NCC2(C)CCNCC2)nc1C. The van der Waals surface area contributed by atoms with Gasteiger partial charge in [0.25, 0.3) is 10.0 Å². The lowest BCUT2D eigenvalue weighted by Crippen LogP contribution is -2.42. The summed E-state index contributed by atoms with van der Waals surface area (Å²) in [7, 11) is -3.52. The maximum atomic E-state index is 12.4. The summed E-state index contributed by atoms with van der Waals surface area (Å²) < 4.78 is 29.4. The van der Waals surface area contributed by atoms with E-state index in [4.69, 9.17) is 0 Å². The minimum absolute atomic E-state index is 0.0271. The topological polar surface area (TPSA) is 76.0 Å². The van der Waals surface area contributed by atoms with Crippen molar-refractivity contribution in [1.29, 1.82) is 0 Å². The Morgan fingerprint density at radius 3 is 2.71 bits per heavy atom. The van der Waals surface area contributed by atoms with E-state index in [1.54, 1.807) is 6.20 Å². The molecule has 21 heavy (non-hydrogen) atoms. The quantitative estimate of drug-likeness (QED) is 0.829. The minimum Gasteiger partial charge on any atom is -0.334 e. The van der Waals surface area contributed by atoms with Crippen LogP contribution < -0.4 is 10.0 Å². The summed E-state index contributed by atoms with van der Waals surface area (Å²) in [5.41, 5.74) is 0.0271. The number of aryl methyl sites for hydroxylation is 2. The summed E-state index contributed by atoms with van der Waals surface area (Å²) in [6, 6.07) is 0. The van der Waals surface area contributed by atoms with Crippen molar-refractivity contribution in [2.45, 2.75) is 51.6 Å². The van der Waals surface area contributed by atoms with E-state index in [-0.39, 0.29) is 10.4 Å². The molecule has 1 aliphatic heterocycles. The molecular weight excluding hydrogens is 288 g/mol. The highest BCUT2D eigenvalue weighted by Crippen LogP contribution is 2.27. The van der Waals surface area contributed by atoms with Gasteiger partial charge in [0.1, 0.15) is 5.82 Å². The van der Waals surface area contributed by atoms with Crippen molar-refractivity contribution in [2.75, 3.05) is 19.6 Å². The van der Waals surface area contributed by atoms with Crippen molar-refractivity contribution in [3.05, 3.63) is 12.0 Å².